The summed E-state index contributed by atoms with van der Waals surface area (Å²) in [6.07, 6.45) is 9.62. The van der Waals surface area contributed by atoms with Crippen molar-refractivity contribution in [1.82, 2.24) is 4.90 Å². The van der Waals surface area contributed by atoms with Gasteiger partial charge in [0.2, 0.25) is 5.91 Å². The number of rotatable bonds is 5. The summed E-state index contributed by atoms with van der Waals surface area (Å²) in [7, 11) is 0. The van der Waals surface area contributed by atoms with Crippen molar-refractivity contribution in [3.8, 4) is 6.07 Å². The zero-order chi connectivity index (χ0) is 19.1. The Labute approximate surface area is 164 Å². The molecule has 1 aliphatic heterocycles. The predicted molar refractivity (Wildman–Crippen MR) is 110 cm³/mol. The van der Waals surface area contributed by atoms with Gasteiger partial charge in [-0.15, -0.1) is 0 Å². The number of nitrogens with zero attached hydrogens (tertiary/aromatic N) is 3. The molecule has 0 N–H and O–H groups in total. The van der Waals surface area contributed by atoms with Crippen LogP contribution in [0.5, 0.6) is 0 Å². The molecule has 3 rings (SSSR count). The van der Waals surface area contributed by atoms with Gasteiger partial charge in [-0.3, -0.25) is 4.79 Å². The summed E-state index contributed by atoms with van der Waals surface area (Å²) in [5, 5.41) is 8.95. The van der Waals surface area contributed by atoms with Gasteiger partial charge in [-0.05, 0) is 62.3 Å². The zero-order valence-electron chi connectivity index (χ0n) is 16.7. The average Bonchev–Trinajstić information content (AvgIpc) is 2.98. The molecule has 4 heteroatoms. The number of benzene rings is 1. The summed E-state index contributed by atoms with van der Waals surface area (Å²) in [6.45, 7) is 5.80. The van der Waals surface area contributed by atoms with E-state index in [0.717, 1.165) is 57.0 Å². The van der Waals surface area contributed by atoms with Gasteiger partial charge in [0, 0.05) is 37.8 Å². The average molecular weight is 368 g/mol. The molecule has 146 valence electrons. The van der Waals surface area contributed by atoms with Gasteiger partial charge >= 0.3 is 0 Å². The molecule has 0 atom stereocenters. The number of nitriles is 1. The number of carbonyl (C=O) groups is 1. The van der Waals surface area contributed by atoms with E-state index in [-0.39, 0.29) is 5.92 Å². The predicted octanol–water partition coefficient (Wildman–Crippen LogP) is 4.59. The van der Waals surface area contributed by atoms with Crippen LogP contribution in [0.15, 0.2) is 24.3 Å². The Hall–Kier alpha value is -2.02. The van der Waals surface area contributed by atoms with Crippen molar-refractivity contribution in [2.45, 2.75) is 58.3 Å². The summed E-state index contributed by atoms with van der Waals surface area (Å²) in [4.78, 5) is 17.5. The Morgan fingerprint density at radius 3 is 2.48 bits per heavy atom. The third-order valence-corrected chi connectivity index (χ3v) is 6.33. The normalized spacial score (nSPS) is 23.6. The summed E-state index contributed by atoms with van der Waals surface area (Å²) in [6, 6.07) is 9.96. The van der Waals surface area contributed by atoms with Crippen LogP contribution in [-0.4, -0.2) is 37.0 Å². The lowest BCUT2D eigenvalue weighted by molar-refractivity contribution is -0.136. The third-order valence-electron chi connectivity index (χ3n) is 6.33. The Kier molecular flexibility index (Phi) is 7.15. The summed E-state index contributed by atoms with van der Waals surface area (Å²) < 4.78 is 0. The van der Waals surface area contributed by atoms with Crippen molar-refractivity contribution < 1.29 is 4.79 Å². The van der Waals surface area contributed by atoms with Crippen molar-refractivity contribution in [3.63, 3.8) is 0 Å². The third kappa shape index (κ3) is 5.25. The highest BCUT2D eigenvalue weighted by Crippen LogP contribution is 2.33. The molecule has 1 heterocycles. The van der Waals surface area contributed by atoms with Gasteiger partial charge in [-0.25, -0.2) is 0 Å². The van der Waals surface area contributed by atoms with E-state index in [1.165, 1.54) is 32.1 Å². The van der Waals surface area contributed by atoms with Crippen LogP contribution in [0.25, 0.3) is 0 Å². The first-order valence-electron chi connectivity index (χ1n) is 10.7. The summed E-state index contributed by atoms with van der Waals surface area (Å²) in [5.41, 5.74) is 1.85. The van der Waals surface area contributed by atoms with Crippen molar-refractivity contribution in [3.05, 3.63) is 29.8 Å². The van der Waals surface area contributed by atoms with E-state index >= 15 is 0 Å². The number of unbranched alkanes of at least 4 members (excludes halogenated alkanes) is 1. The van der Waals surface area contributed by atoms with Crippen LogP contribution in [0.2, 0.25) is 0 Å². The van der Waals surface area contributed by atoms with Crippen molar-refractivity contribution in [2.24, 2.45) is 11.8 Å². The SMILES string of the molecule is CCCCC1CCC(C(=O)N2CCCN(c3ccc(C#N)cc3)CC2)CC1. The van der Waals surface area contributed by atoms with Gasteiger partial charge in [-0.1, -0.05) is 26.2 Å². The molecule has 1 amide bonds. The largest absolute Gasteiger partial charge is 0.370 e. The van der Waals surface area contributed by atoms with Crippen molar-refractivity contribution in [2.75, 3.05) is 31.1 Å². The number of amides is 1. The molecule has 1 saturated carbocycles. The zero-order valence-corrected chi connectivity index (χ0v) is 16.7. The van der Waals surface area contributed by atoms with Crippen LogP contribution < -0.4 is 4.90 Å². The second kappa shape index (κ2) is 9.78. The van der Waals surface area contributed by atoms with Crippen LogP contribution in [-0.2, 0) is 4.79 Å². The molecule has 0 bridgehead atoms. The van der Waals surface area contributed by atoms with E-state index in [0.29, 0.717) is 11.5 Å². The Morgan fingerprint density at radius 1 is 1.07 bits per heavy atom. The molecule has 1 aromatic rings. The fourth-order valence-corrected chi connectivity index (χ4v) is 4.59. The first-order chi connectivity index (χ1) is 13.2. The minimum Gasteiger partial charge on any atom is -0.370 e. The van der Waals surface area contributed by atoms with Gasteiger partial charge in [0.15, 0.2) is 0 Å². The molecule has 2 aliphatic rings. The molecule has 1 aliphatic carbocycles. The minimum absolute atomic E-state index is 0.254. The highest BCUT2D eigenvalue weighted by Gasteiger charge is 2.30. The lowest BCUT2D eigenvalue weighted by Gasteiger charge is -2.32. The van der Waals surface area contributed by atoms with Crippen LogP contribution in [0.3, 0.4) is 0 Å². The van der Waals surface area contributed by atoms with E-state index in [1.807, 2.05) is 24.3 Å². The number of anilines is 1. The highest BCUT2D eigenvalue weighted by atomic mass is 16.2. The second-order valence-corrected chi connectivity index (χ2v) is 8.18. The lowest BCUT2D eigenvalue weighted by atomic mass is 9.79. The molecule has 0 aromatic heterocycles. The highest BCUT2D eigenvalue weighted by molar-refractivity contribution is 5.79. The first kappa shape index (κ1) is 19.7. The van der Waals surface area contributed by atoms with Crippen molar-refractivity contribution in [1.29, 1.82) is 5.26 Å². The van der Waals surface area contributed by atoms with Gasteiger partial charge in [-0.2, -0.15) is 5.26 Å². The summed E-state index contributed by atoms with van der Waals surface area (Å²) >= 11 is 0. The van der Waals surface area contributed by atoms with E-state index in [4.69, 9.17) is 5.26 Å². The maximum Gasteiger partial charge on any atom is 0.225 e. The maximum absolute atomic E-state index is 13.0. The fraction of sp³-hybridized carbons (Fsp3) is 0.652. The molecule has 1 aromatic carbocycles. The molecule has 1 saturated heterocycles. The van der Waals surface area contributed by atoms with Crippen LogP contribution in [0.4, 0.5) is 5.69 Å². The van der Waals surface area contributed by atoms with Crippen LogP contribution in [0.1, 0.15) is 63.9 Å². The lowest BCUT2D eigenvalue weighted by Crippen LogP contribution is -2.40. The van der Waals surface area contributed by atoms with Crippen molar-refractivity contribution >= 4 is 11.6 Å². The van der Waals surface area contributed by atoms with Gasteiger partial charge < -0.3 is 9.80 Å². The first-order valence-corrected chi connectivity index (χ1v) is 10.7. The standard InChI is InChI=1S/C23H33N3O/c1-2-3-5-19-6-10-21(11-7-19)23(27)26-15-4-14-25(16-17-26)22-12-8-20(18-24)9-13-22/h8-9,12-13,19,21H,2-7,10-11,14-17H2,1H3. The molecule has 4 nitrogen and oxygen atoms in total. The Morgan fingerprint density at radius 2 is 1.81 bits per heavy atom. The molecular formula is C23H33N3O. The molecular weight excluding hydrogens is 334 g/mol. The summed E-state index contributed by atoms with van der Waals surface area (Å²) in [5.74, 6) is 1.50. The molecule has 0 unspecified atom stereocenters. The van der Waals surface area contributed by atoms with E-state index < -0.39 is 0 Å². The smallest absolute Gasteiger partial charge is 0.225 e. The fourth-order valence-electron chi connectivity index (χ4n) is 4.59. The monoisotopic (exact) mass is 367 g/mol. The molecule has 0 radical (unpaired) electrons. The van der Waals surface area contributed by atoms with Gasteiger partial charge in [0.1, 0.15) is 0 Å². The quantitative estimate of drug-likeness (QED) is 0.764. The number of hydrogen-bond acceptors (Lipinski definition) is 3. The van der Waals surface area contributed by atoms with E-state index in [9.17, 15) is 4.79 Å². The van der Waals surface area contributed by atoms with E-state index in [1.54, 1.807) is 0 Å². The van der Waals surface area contributed by atoms with Crippen LogP contribution >= 0.6 is 0 Å². The van der Waals surface area contributed by atoms with Gasteiger partial charge in [0.05, 0.1) is 11.6 Å². The van der Waals surface area contributed by atoms with E-state index in [2.05, 4.69) is 22.8 Å². The van der Waals surface area contributed by atoms with Crippen LogP contribution in [0, 0.1) is 23.2 Å². The molecule has 0 spiro atoms. The van der Waals surface area contributed by atoms with Gasteiger partial charge in [0.25, 0.3) is 0 Å². The maximum atomic E-state index is 13.0. The Bertz CT molecular complexity index is 641. The Balaban J connectivity index is 1.50. The molecule has 27 heavy (non-hydrogen) atoms. The molecule has 2 fully saturated rings. The topological polar surface area (TPSA) is 47.3 Å². The number of carbonyl (C=O) groups excluding carboxylic acids is 1. The minimum atomic E-state index is 0.254. The number of hydrogen-bond donors (Lipinski definition) is 0. The second-order valence-electron chi connectivity index (χ2n) is 8.18.